The van der Waals surface area contributed by atoms with Gasteiger partial charge < -0.3 is 15.8 Å². The van der Waals surface area contributed by atoms with E-state index in [2.05, 4.69) is 20.5 Å². The fraction of sp³-hybridized carbons (Fsp3) is 0.250. The summed E-state index contributed by atoms with van der Waals surface area (Å²) in [5.74, 6) is 0.251. The van der Waals surface area contributed by atoms with E-state index < -0.39 is 12.2 Å². The maximum Gasteiger partial charge on any atom is 0.408 e. The number of anilines is 2. The molecule has 0 aliphatic heterocycles. The number of hydrogen-bond donors (Lipinski definition) is 3. The molecule has 4 N–H and O–H groups in total. The highest BCUT2D eigenvalue weighted by Crippen LogP contribution is 2.37. The van der Waals surface area contributed by atoms with Crippen LogP contribution in [0.15, 0.2) is 35.6 Å². The predicted molar refractivity (Wildman–Crippen MR) is 93.3 cm³/mol. The molecule has 8 nitrogen and oxygen atoms in total. The van der Waals surface area contributed by atoms with E-state index >= 15 is 0 Å². The molecule has 27 heavy (non-hydrogen) atoms. The molecule has 1 atom stereocenters. The summed E-state index contributed by atoms with van der Waals surface area (Å²) in [5.41, 5.74) is 14.7. The van der Waals surface area contributed by atoms with E-state index in [0.29, 0.717) is 16.6 Å². The van der Waals surface area contributed by atoms with Crippen molar-refractivity contribution in [2.75, 3.05) is 18.2 Å². The number of methoxy groups -OCH3 is 1. The van der Waals surface area contributed by atoms with Crippen LogP contribution in [0.2, 0.25) is 0 Å². The summed E-state index contributed by atoms with van der Waals surface area (Å²) < 4.78 is 45.4. The van der Waals surface area contributed by atoms with Crippen LogP contribution < -0.4 is 15.8 Å². The van der Waals surface area contributed by atoms with Gasteiger partial charge in [-0.3, -0.25) is 0 Å². The first-order chi connectivity index (χ1) is 12.7. The molecular formula is C16H16F3N7O. The van der Waals surface area contributed by atoms with Crippen LogP contribution >= 0.6 is 0 Å². The van der Waals surface area contributed by atoms with Crippen LogP contribution in [0.1, 0.15) is 6.92 Å². The van der Waals surface area contributed by atoms with Crippen molar-refractivity contribution < 1.29 is 17.9 Å². The van der Waals surface area contributed by atoms with Gasteiger partial charge >= 0.3 is 6.18 Å². The smallest absolute Gasteiger partial charge is 0.408 e. The van der Waals surface area contributed by atoms with E-state index in [1.807, 2.05) is 0 Å². The summed E-state index contributed by atoms with van der Waals surface area (Å²) in [6.07, 6.45) is -2.80. The van der Waals surface area contributed by atoms with Crippen LogP contribution in [0, 0.1) is 5.53 Å². The number of hydrogen-bond acceptors (Lipinski definition) is 7. The predicted octanol–water partition coefficient (Wildman–Crippen LogP) is 4.01. The Morgan fingerprint density at radius 2 is 2.07 bits per heavy atom. The van der Waals surface area contributed by atoms with Gasteiger partial charge in [-0.15, -0.1) is 5.10 Å². The van der Waals surface area contributed by atoms with Crippen molar-refractivity contribution in [3.8, 4) is 17.0 Å². The molecule has 2 aromatic heterocycles. The van der Waals surface area contributed by atoms with Gasteiger partial charge in [-0.25, -0.2) is 10.0 Å². The van der Waals surface area contributed by atoms with Gasteiger partial charge in [0.05, 0.1) is 12.8 Å². The number of rotatable bonds is 5. The molecule has 142 valence electrons. The number of fused-ring (bicyclic) bond motifs is 1. The standard InChI is InChI=1S/C16H16F3N7O/c1-8(16(17,18)19)22-12-7-9(3-4-11(12)24-21)10-5-6-26-13(10)14(27-2)23-15(20)25-26/h3-8,21-22H,1-2H3,(H2,20,25)/t8-/m0/s1. The second-order valence-electron chi connectivity index (χ2n) is 5.75. The first-order valence-corrected chi connectivity index (χ1v) is 7.78. The summed E-state index contributed by atoms with van der Waals surface area (Å²) in [5, 5.41) is 9.70. The van der Waals surface area contributed by atoms with E-state index in [-0.39, 0.29) is 23.2 Å². The first-order valence-electron chi connectivity index (χ1n) is 7.78. The maximum absolute atomic E-state index is 12.9. The quantitative estimate of drug-likeness (QED) is 0.580. The molecule has 0 saturated heterocycles. The van der Waals surface area contributed by atoms with Crippen molar-refractivity contribution in [2.45, 2.75) is 19.1 Å². The van der Waals surface area contributed by atoms with Gasteiger partial charge in [-0.2, -0.15) is 23.3 Å². The van der Waals surface area contributed by atoms with Crippen molar-refractivity contribution in [1.29, 1.82) is 5.53 Å². The van der Waals surface area contributed by atoms with Crippen LogP contribution in [0.4, 0.5) is 30.5 Å². The monoisotopic (exact) mass is 379 g/mol. The number of nitrogen functional groups attached to an aromatic ring is 1. The lowest BCUT2D eigenvalue weighted by Gasteiger charge is -2.19. The second-order valence-corrected chi connectivity index (χ2v) is 5.75. The number of benzene rings is 1. The Bertz CT molecular complexity index is 1000. The van der Waals surface area contributed by atoms with Crippen molar-refractivity contribution in [3.05, 3.63) is 30.5 Å². The number of nitrogens with zero attached hydrogens (tertiary/aromatic N) is 4. The van der Waals surface area contributed by atoms with Crippen LogP contribution in [0.5, 0.6) is 5.88 Å². The fourth-order valence-electron chi connectivity index (χ4n) is 2.62. The Kier molecular flexibility index (Phi) is 4.60. The van der Waals surface area contributed by atoms with Crippen molar-refractivity contribution >= 4 is 22.8 Å². The molecule has 11 heteroatoms. The Labute approximate surface area is 151 Å². The number of ether oxygens (including phenoxy) is 1. The summed E-state index contributed by atoms with van der Waals surface area (Å²) in [4.78, 5) is 4.03. The number of nitrogens with two attached hydrogens (primary N) is 1. The zero-order valence-electron chi connectivity index (χ0n) is 14.4. The topological polar surface area (TPSA) is 114 Å². The minimum absolute atomic E-state index is 0.0196. The third kappa shape index (κ3) is 3.48. The molecule has 3 rings (SSSR count). The van der Waals surface area contributed by atoms with Gasteiger partial charge in [0.1, 0.15) is 17.2 Å². The number of halogens is 3. The Morgan fingerprint density at radius 1 is 1.33 bits per heavy atom. The molecular weight excluding hydrogens is 363 g/mol. The molecule has 0 bridgehead atoms. The lowest BCUT2D eigenvalue weighted by molar-refractivity contribution is -0.138. The van der Waals surface area contributed by atoms with Crippen LogP contribution in [-0.4, -0.2) is 33.9 Å². The zero-order chi connectivity index (χ0) is 19.8. The van der Waals surface area contributed by atoms with Crippen LogP contribution in [-0.2, 0) is 0 Å². The Hall–Kier alpha value is -3.37. The molecule has 0 radical (unpaired) electrons. The highest BCUT2D eigenvalue weighted by Gasteiger charge is 2.36. The first kappa shape index (κ1) is 18.4. The summed E-state index contributed by atoms with van der Waals surface area (Å²) in [6.45, 7) is 0.994. The molecule has 0 spiro atoms. The third-order valence-electron chi connectivity index (χ3n) is 3.98. The van der Waals surface area contributed by atoms with Gasteiger partial charge in [0.2, 0.25) is 11.8 Å². The van der Waals surface area contributed by atoms with Crippen molar-refractivity contribution in [1.82, 2.24) is 14.6 Å². The van der Waals surface area contributed by atoms with Crippen molar-refractivity contribution in [2.24, 2.45) is 5.11 Å². The Morgan fingerprint density at radius 3 is 2.70 bits per heavy atom. The number of nitrogens with one attached hydrogen (secondary N) is 2. The highest BCUT2D eigenvalue weighted by molar-refractivity contribution is 5.87. The molecule has 1 aromatic carbocycles. The summed E-state index contributed by atoms with van der Waals surface area (Å²) in [6, 6.07) is 4.50. The molecule has 0 unspecified atom stereocenters. The van der Waals surface area contributed by atoms with E-state index in [1.165, 1.54) is 23.8 Å². The van der Waals surface area contributed by atoms with Gasteiger partial charge in [-0.1, -0.05) is 6.07 Å². The van der Waals surface area contributed by atoms with Gasteiger partial charge in [0.25, 0.3) is 0 Å². The van der Waals surface area contributed by atoms with Gasteiger partial charge in [0, 0.05) is 11.8 Å². The molecule has 0 fully saturated rings. The molecule has 0 aliphatic carbocycles. The summed E-state index contributed by atoms with van der Waals surface area (Å²) >= 11 is 0. The van der Waals surface area contributed by atoms with Gasteiger partial charge in [0.15, 0.2) is 0 Å². The SMILES string of the molecule is COc1nc(N)nn2ccc(-c3ccc(N=N)c(N[C@@H](C)C(F)(F)F)c3)c12. The summed E-state index contributed by atoms with van der Waals surface area (Å²) in [7, 11) is 1.43. The third-order valence-corrected chi connectivity index (χ3v) is 3.98. The Balaban J connectivity index is 2.12. The lowest BCUT2D eigenvalue weighted by Crippen LogP contribution is -2.33. The molecule has 2 heterocycles. The maximum atomic E-state index is 12.9. The normalized spacial score (nSPS) is 12.8. The largest absolute Gasteiger partial charge is 0.479 e. The average molecular weight is 379 g/mol. The van der Waals surface area contributed by atoms with Crippen LogP contribution in [0.25, 0.3) is 16.6 Å². The average Bonchev–Trinajstić information content (AvgIpc) is 3.03. The van der Waals surface area contributed by atoms with E-state index in [9.17, 15) is 13.2 Å². The number of alkyl halides is 3. The molecule has 0 aliphatic rings. The number of aromatic nitrogens is 3. The fourth-order valence-corrected chi connectivity index (χ4v) is 2.62. The highest BCUT2D eigenvalue weighted by atomic mass is 19.4. The van der Waals surface area contributed by atoms with E-state index in [0.717, 1.165) is 6.92 Å². The minimum Gasteiger partial charge on any atom is -0.479 e. The lowest BCUT2D eigenvalue weighted by atomic mass is 10.1. The molecule has 0 saturated carbocycles. The van der Waals surface area contributed by atoms with Gasteiger partial charge in [-0.05, 0) is 30.7 Å². The second kappa shape index (κ2) is 6.74. The van der Waals surface area contributed by atoms with E-state index in [1.54, 1.807) is 18.3 Å². The van der Waals surface area contributed by atoms with Crippen LogP contribution in [0.3, 0.4) is 0 Å². The molecule has 3 aromatic rings. The van der Waals surface area contributed by atoms with E-state index in [4.69, 9.17) is 16.0 Å². The van der Waals surface area contributed by atoms with Crippen molar-refractivity contribution in [3.63, 3.8) is 0 Å². The minimum atomic E-state index is -4.44. The molecule has 0 amide bonds. The zero-order valence-corrected chi connectivity index (χ0v) is 14.4.